The lowest BCUT2D eigenvalue weighted by molar-refractivity contribution is 0.0635. The van der Waals surface area contributed by atoms with Gasteiger partial charge in [-0.25, -0.2) is 0 Å². The highest BCUT2D eigenvalue weighted by Gasteiger charge is 2.16. The summed E-state index contributed by atoms with van der Waals surface area (Å²) in [6.45, 7) is 3.37. The van der Waals surface area contributed by atoms with Crippen LogP contribution in [0.2, 0.25) is 0 Å². The lowest BCUT2D eigenvalue weighted by atomic mass is 9.99. The molecule has 0 radical (unpaired) electrons. The number of amides is 1. The first-order valence-electron chi connectivity index (χ1n) is 8.80. The first kappa shape index (κ1) is 17.2. The van der Waals surface area contributed by atoms with E-state index in [4.69, 9.17) is 4.74 Å². The number of fused-ring (bicyclic) bond motifs is 1. The van der Waals surface area contributed by atoms with Crippen LogP contribution in [0.15, 0.2) is 36.4 Å². The van der Waals surface area contributed by atoms with Crippen LogP contribution < -0.4 is 5.32 Å². The van der Waals surface area contributed by atoms with Crippen molar-refractivity contribution in [2.45, 2.75) is 45.1 Å². The summed E-state index contributed by atoms with van der Waals surface area (Å²) in [5.74, 6) is 0.0607. The van der Waals surface area contributed by atoms with Gasteiger partial charge in [0.05, 0.1) is 11.0 Å². The molecule has 1 aromatic heterocycles. The van der Waals surface area contributed by atoms with E-state index in [1.807, 2.05) is 18.2 Å². The van der Waals surface area contributed by atoms with Gasteiger partial charge in [0.1, 0.15) is 0 Å². The van der Waals surface area contributed by atoms with Crippen molar-refractivity contribution in [3.8, 4) is 0 Å². The molecule has 1 amide bonds. The van der Waals surface area contributed by atoms with Gasteiger partial charge >= 0.3 is 0 Å². The molecule has 1 atom stereocenters. The molecule has 0 bridgehead atoms. The molecule has 0 aliphatic heterocycles. The van der Waals surface area contributed by atoms with Gasteiger partial charge in [-0.3, -0.25) is 4.79 Å². The average molecular weight is 343 g/mol. The Morgan fingerprint density at radius 1 is 1.25 bits per heavy atom. The van der Waals surface area contributed by atoms with E-state index in [1.54, 1.807) is 11.3 Å². The fourth-order valence-electron chi connectivity index (χ4n) is 3.04. The fourth-order valence-corrected chi connectivity index (χ4v) is 4.21. The lowest BCUT2D eigenvalue weighted by Gasteiger charge is -2.13. The van der Waals surface area contributed by atoms with Crippen LogP contribution in [0.5, 0.6) is 0 Å². The van der Waals surface area contributed by atoms with Crippen molar-refractivity contribution >= 4 is 17.2 Å². The molecule has 1 heterocycles. The zero-order valence-electron chi connectivity index (χ0n) is 14.2. The first-order valence-corrected chi connectivity index (χ1v) is 9.62. The van der Waals surface area contributed by atoms with E-state index < -0.39 is 0 Å². The maximum atomic E-state index is 12.2. The van der Waals surface area contributed by atoms with Crippen LogP contribution in [0.3, 0.4) is 0 Å². The van der Waals surface area contributed by atoms with E-state index in [0.29, 0.717) is 13.2 Å². The van der Waals surface area contributed by atoms with Gasteiger partial charge in [0.25, 0.3) is 5.91 Å². The third kappa shape index (κ3) is 4.46. The minimum Gasteiger partial charge on any atom is -0.374 e. The normalized spacial score (nSPS) is 14.9. The summed E-state index contributed by atoms with van der Waals surface area (Å²) in [5.41, 5.74) is 2.57. The molecule has 0 saturated heterocycles. The summed E-state index contributed by atoms with van der Waals surface area (Å²) in [6, 6.07) is 12.3. The molecular weight excluding hydrogens is 318 g/mol. The Hall–Kier alpha value is -1.65. The number of rotatable bonds is 7. The Balaban J connectivity index is 1.37. The third-order valence-electron chi connectivity index (χ3n) is 4.46. The van der Waals surface area contributed by atoms with Crippen LogP contribution in [0, 0.1) is 0 Å². The van der Waals surface area contributed by atoms with Gasteiger partial charge in [-0.2, -0.15) is 0 Å². The van der Waals surface area contributed by atoms with Crippen molar-refractivity contribution < 1.29 is 9.53 Å². The SMILES string of the molecule is CC(OCCCNC(=O)c1cc2c(s1)CCCC2)c1ccccc1. The van der Waals surface area contributed by atoms with Crippen LogP contribution in [-0.4, -0.2) is 19.1 Å². The van der Waals surface area contributed by atoms with Crippen molar-refractivity contribution in [3.63, 3.8) is 0 Å². The molecule has 1 aromatic carbocycles. The maximum absolute atomic E-state index is 12.2. The zero-order valence-corrected chi connectivity index (χ0v) is 15.0. The number of hydrogen-bond donors (Lipinski definition) is 1. The summed E-state index contributed by atoms with van der Waals surface area (Å²) in [6.07, 6.45) is 5.69. The second kappa shape index (κ2) is 8.45. The Labute approximate surface area is 148 Å². The zero-order chi connectivity index (χ0) is 16.8. The van der Waals surface area contributed by atoms with Gasteiger partial charge in [-0.1, -0.05) is 30.3 Å². The molecule has 1 N–H and O–H groups in total. The smallest absolute Gasteiger partial charge is 0.261 e. The number of benzene rings is 1. The van der Waals surface area contributed by atoms with Crippen LogP contribution in [0.4, 0.5) is 0 Å². The van der Waals surface area contributed by atoms with Gasteiger partial charge in [-0.05, 0) is 56.2 Å². The van der Waals surface area contributed by atoms with Crippen LogP contribution >= 0.6 is 11.3 Å². The monoisotopic (exact) mass is 343 g/mol. The van der Waals surface area contributed by atoms with Gasteiger partial charge in [0.2, 0.25) is 0 Å². The predicted molar refractivity (Wildman–Crippen MR) is 98.7 cm³/mol. The second-order valence-corrected chi connectivity index (χ2v) is 7.44. The highest BCUT2D eigenvalue weighted by Crippen LogP contribution is 2.29. The van der Waals surface area contributed by atoms with Crippen LogP contribution in [0.1, 0.15) is 58.0 Å². The largest absolute Gasteiger partial charge is 0.374 e. The van der Waals surface area contributed by atoms with Gasteiger partial charge < -0.3 is 10.1 Å². The molecule has 0 saturated carbocycles. The molecule has 0 spiro atoms. The molecule has 0 fully saturated rings. The topological polar surface area (TPSA) is 38.3 Å². The van der Waals surface area contributed by atoms with Crippen LogP contribution in [0.25, 0.3) is 0 Å². The van der Waals surface area contributed by atoms with Gasteiger partial charge in [0, 0.05) is 18.0 Å². The summed E-state index contributed by atoms with van der Waals surface area (Å²) in [4.78, 5) is 14.5. The lowest BCUT2D eigenvalue weighted by Crippen LogP contribution is -2.24. The number of aryl methyl sites for hydroxylation is 2. The molecule has 24 heavy (non-hydrogen) atoms. The molecule has 1 aliphatic carbocycles. The molecule has 3 rings (SSSR count). The van der Waals surface area contributed by atoms with E-state index in [0.717, 1.165) is 24.1 Å². The van der Waals surface area contributed by atoms with E-state index >= 15 is 0 Å². The highest BCUT2D eigenvalue weighted by atomic mass is 32.1. The number of hydrogen-bond acceptors (Lipinski definition) is 3. The summed E-state index contributed by atoms with van der Waals surface area (Å²) >= 11 is 1.67. The van der Waals surface area contributed by atoms with Crippen molar-refractivity contribution in [2.75, 3.05) is 13.2 Å². The number of ether oxygens (including phenoxy) is 1. The summed E-state index contributed by atoms with van der Waals surface area (Å²) in [5, 5.41) is 3.01. The second-order valence-electron chi connectivity index (χ2n) is 6.30. The van der Waals surface area contributed by atoms with Gasteiger partial charge in [0.15, 0.2) is 0 Å². The van der Waals surface area contributed by atoms with Crippen LogP contribution in [-0.2, 0) is 17.6 Å². The quantitative estimate of drug-likeness (QED) is 0.750. The molecule has 2 aromatic rings. The Morgan fingerprint density at radius 2 is 2.04 bits per heavy atom. The third-order valence-corrected chi connectivity index (χ3v) is 5.70. The molecule has 1 aliphatic rings. The predicted octanol–water partition coefficient (Wildman–Crippen LogP) is 4.52. The standard InChI is InChI=1S/C20H25NO2S/c1-15(16-8-3-2-4-9-16)23-13-7-12-21-20(22)19-14-17-10-5-6-11-18(17)24-19/h2-4,8-9,14-15H,5-7,10-13H2,1H3,(H,21,22). The number of nitrogens with one attached hydrogen (secondary N) is 1. The Kier molecular flexibility index (Phi) is 6.05. The number of thiophene rings is 1. The van der Waals surface area contributed by atoms with Crippen molar-refractivity contribution in [1.82, 2.24) is 5.32 Å². The summed E-state index contributed by atoms with van der Waals surface area (Å²) in [7, 11) is 0. The Morgan fingerprint density at radius 3 is 2.83 bits per heavy atom. The van der Waals surface area contributed by atoms with Crippen molar-refractivity contribution in [2.24, 2.45) is 0 Å². The van der Waals surface area contributed by atoms with Gasteiger partial charge in [-0.15, -0.1) is 11.3 Å². The Bertz CT molecular complexity index is 642. The molecule has 1 unspecified atom stereocenters. The minimum absolute atomic E-state index is 0.0607. The number of carbonyl (C=O) groups excluding carboxylic acids is 1. The van der Waals surface area contributed by atoms with E-state index in [2.05, 4.69) is 30.4 Å². The van der Waals surface area contributed by atoms with Crippen molar-refractivity contribution in [1.29, 1.82) is 0 Å². The maximum Gasteiger partial charge on any atom is 0.261 e. The molecule has 4 heteroatoms. The van der Waals surface area contributed by atoms with E-state index in [-0.39, 0.29) is 12.0 Å². The molecular formula is C20H25NO2S. The molecule has 3 nitrogen and oxygen atoms in total. The average Bonchev–Trinajstić information content (AvgIpc) is 3.06. The first-order chi connectivity index (χ1) is 11.7. The van der Waals surface area contributed by atoms with E-state index in [1.165, 1.54) is 28.8 Å². The molecule has 128 valence electrons. The van der Waals surface area contributed by atoms with E-state index in [9.17, 15) is 4.79 Å². The fraction of sp³-hybridized carbons (Fsp3) is 0.450. The summed E-state index contributed by atoms with van der Waals surface area (Å²) < 4.78 is 5.83. The minimum atomic E-state index is 0.0607. The number of carbonyl (C=O) groups is 1. The van der Waals surface area contributed by atoms with Crippen molar-refractivity contribution in [3.05, 3.63) is 57.3 Å². The highest BCUT2D eigenvalue weighted by molar-refractivity contribution is 7.14.